The molecule has 1 saturated heterocycles. The van der Waals surface area contributed by atoms with E-state index in [0.717, 1.165) is 31.1 Å². The van der Waals surface area contributed by atoms with Crippen molar-refractivity contribution in [2.75, 3.05) is 11.9 Å². The van der Waals surface area contributed by atoms with Gasteiger partial charge in [0.05, 0.1) is 6.10 Å². The van der Waals surface area contributed by atoms with Crippen LogP contribution in [-0.4, -0.2) is 24.0 Å². The van der Waals surface area contributed by atoms with Gasteiger partial charge in [-0.1, -0.05) is 31.9 Å². The second-order valence-electron chi connectivity index (χ2n) is 6.29. The highest BCUT2D eigenvalue weighted by atomic mass is 32.2. The molecule has 1 aromatic rings. The molecule has 1 N–H and O–H groups in total. The molecule has 2 aliphatic rings. The molecule has 0 radical (unpaired) electrons. The molecule has 0 amide bonds. The van der Waals surface area contributed by atoms with Gasteiger partial charge in [-0.3, -0.25) is 0 Å². The number of nitrogens with one attached hydrogen (secondary N) is 1. The van der Waals surface area contributed by atoms with Gasteiger partial charge in [0.2, 0.25) is 0 Å². The first-order valence-corrected chi connectivity index (χ1v) is 9.37. The first-order valence-electron chi connectivity index (χ1n) is 8.49. The molecule has 116 valence electrons. The van der Waals surface area contributed by atoms with Crippen LogP contribution in [0.4, 0.5) is 5.69 Å². The summed E-state index contributed by atoms with van der Waals surface area (Å²) in [6, 6.07) is 9.41. The summed E-state index contributed by atoms with van der Waals surface area (Å²) in [5.74, 6) is 0. The highest BCUT2D eigenvalue weighted by Crippen LogP contribution is 2.38. The highest BCUT2D eigenvalue weighted by Gasteiger charge is 2.23. The number of thioether (sulfide) groups is 1. The van der Waals surface area contributed by atoms with E-state index in [2.05, 4.69) is 48.3 Å². The van der Waals surface area contributed by atoms with E-state index in [1.165, 1.54) is 36.3 Å². The summed E-state index contributed by atoms with van der Waals surface area (Å²) < 4.78 is 5.79. The molecule has 0 bridgehead atoms. The maximum atomic E-state index is 5.79. The van der Waals surface area contributed by atoms with Gasteiger partial charge >= 0.3 is 0 Å². The topological polar surface area (TPSA) is 21.3 Å². The van der Waals surface area contributed by atoms with Crippen molar-refractivity contribution in [3.05, 3.63) is 24.3 Å². The van der Waals surface area contributed by atoms with E-state index in [-0.39, 0.29) is 0 Å². The summed E-state index contributed by atoms with van der Waals surface area (Å²) in [7, 11) is 0. The van der Waals surface area contributed by atoms with Crippen LogP contribution in [0.25, 0.3) is 0 Å². The molecule has 2 fully saturated rings. The van der Waals surface area contributed by atoms with Crippen LogP contribution in [0.5, 0.6) is 0 Å². The fraction of sp³-hybridized carbons (Fsp3) is 0.667. The van der Waals surface area contributed by atoms with Gasteiger partial charge in [0.25, 0.3) is 0 Å². The summed E-state index contributed by atoms with van der Waals surface area (Å²) in [6.07, 6.45) is 9.40. The van der Waals surface area contributed by atoms with Gasteiger partial charge in [0.15, 0.2) is 0 Å². The largest absolute Gasteiger partial charge is 0.381 e. The maximum absolute atomic E-state index is 5.79. The van der Waals surface area contributed by atoms with E-state index in [4.69, 9.17) is 4.74 Å². The molecule has 0 spiro atoms. The Kier molecular flexibility index (Phi) is 5.48. The third-order valence-corrected chi connectivity index (χ3v) is 6.08. The molecule has 21 heavy (non-hydrogen) atoms. The summed E-state index contributed by atoms with van der Waals surface area (Å²) in [5.41, 5.74) is 1.33. The van der Waals surface area contributed by atoms with Crippen molar-refractivity contribution >= 4 is 17.4 Å². The fourth-order valence-corrected chi connectivity index (χ4v) is 4.73. The van der Waals surface area contributed by atoms with Gasteiger partial charge in [0.1, 0.15) is 0 Å². The lowest BCUT2D eigenvalue weighted by Gasteiger charge is -2.31. The molecule has 1 saturated carbocycles. The summed E-state index contributed by atoms with van der Waals surface area (Å²) >= 11 is 2.08. The average molecular weight is 305 g/mol. The van der Waals surface area contributed by atoms with E-state index >= 15 is 0 Å². The van der Waals surface area contributed by atoms with Crippen molar-refractivity contribution in [1.29, 1.82) is 0 Å². The summed E-state index contributed by atoms with van der Waals surface area (Å²) in [6.45, 7) is 3.12. The number of anilines is 1. The van der Waals surface area contributed by atoms with Crippen LogP contribution in [0, 0.1) is 0 Å². The number of rotatable bonds is 5. The number of ether oxygens (including phenoxy) is 1. The van der Waals surface area contributed by atoms with Crippen LogP contribution in [0.15, 0.2) is 29.2 Å². The molecule has 1 aliphatic heterocycles. The van der Waals surface area contributed by atoms with Crippen molar-refractivity contribution in [2.24, 2.45) is 0 Å². The Morgan fingerprint density at radius 3 is 2.81 bits per heavy atom. The molecular formula is C18H27NOS. The molecular weight excluding hydrogens is 278 g/mol. The lowest BCUT2D eigenvalue weighted by molar-refractivity contribution is 0.00923. The zero-order chi connectivity index (χ0) is 14.5. The first kappa shape index (κ1) is 15.2. The zero-order valence-electron chi connectivity index (χ0n) is 13.0. The van der Waals surface area contributed by atoms with Crippen molar-refractivity contribution in [3.63, 3.8) is 0 Å². The zero-order valence-corrected chi connectivity index (χ0v) is 13.8. The Morgan fingerprint density at radius 2 is 2.00 bits per heavy atom. The predicted octanol–water partition coefficient (Wildman–Crippen LogP) is 5.09. The van der Waals surface area contributed by atoms with E-state index in [1.807, 2.05) is 0 Å². The number of hydrogen-bond donors (Lipinski definition) is 1. The molecule has 3 heteroatoms. The molecule has 3 rings (SSSR count). The Labute approximate surface area is 133 Å². The Balaban J connectivity index is 1.64. The van der Waals surface area contributed by atoms with Gasteiger partial charge in [0, 0.05) is 28.5 Å². The van der Waals surface area contributed by atoms with E-state index in [1.54, 1.807) is 0 Å². The smallest absolute Gasteiger partial charge is 0.0592 e. The van der Waals surface area contributed by atoms with Crippen molar-refractivity contribution in [2.45, 2.75) is 74.2 Å². The van der Waals surface area contributed by atoms with E-state index in [9.17, 15) is 0 Å². The Morgan fingerprint density at radius 1 is 1.19 bits per heavy atom. The van der Waals surface area contributed by atoms with Crippen molar-refractivity contribution in [3.8, 4) is 0 Å². The first-order chi connectivity index (χ1) is 10.3. The molecule has 1 heterocycles. The monoisotopic (exact) mass is 305 g/mol. The average Bonchev–Trinajstić information content (AvgIpc) is 3.02. The Bertz CT molecular complexity index is 445. The van der Waals surface area contributed by atoms with Crippen LogP contribution >= 0.6 is 11.8 Å². The van der Waals surface area contributed by atoms with Crippen LogP contribution in [0.1, 0.15) is 51.9 Å². The number of para-hydroxylation sites is 1. The quantitative estimate of drug-likeness (QED) is 0.818. The minimum Gasteiger partial charge on any atom is -0.381 e. The van der Waals surface area contributed by atoms with Crippen molar-refractivity contribution < 1.29 is 4.74 Å². The Hall–Kier alpha value is -0.670. The van der Waals surface area contributed by atoms with Gasteiger partial charge in [-0.2, -0.15) is 0 Å². The predicted molar refractivity (Wildman–Crippen MR) is 91.2 cm³/mol. The number of hydrogen-bond acceptors (Lipinski definition) is 3. The standard InChI is InChI=1S/C18H27NOS/c1-2-15-13-14(11-12-20-15)19-17-9-5-6-10-18(17)21-16-7-3-4-8-16/h5-6,9-10,14-16,19H,2-4,7-8,11-13H2,1H3. The third-order valence-electron chi connectivity index (χ3n) is 4.67. The van der Waals surface area contributed by atoms with Crippen LogP contribution in [0.3, 0.4) is 0 Å². The second-order valence-corrected chi connectivity index (χ2v) is 7.63. The second kappa shape index (κ2) is 7.55. The van der Waals surface area contributed by atoms with Crippen LogP contribution in [0.2, 0.25) is 0 Å². The van der Waals surface area contributed by atoms with Gasteiger partial charge < -0.3 is 10.1 Å². The van der Waals surface area contributed by atoms with Gasteiger partial charge in [-0.25, -0.2) is 0 Å². The molecule has 2 nitrogen and oxygen atoms in total. The molecule has 2 atom stereocenters. The number of benzene rings is 1. The lowest BCUT2D eigenvalue weighted by atomic mass is 10.0. The molecule has 2 unspecified atom stereocenters. The summed E-state index contributed by atoms with van der Waals surface area (Å²) in [5, 5.41) is 4.61. The highest BCUT2D eigenvalue weighted by molar-refractivity contribution is 8.00. The van der Waals surface area contributed by atoms with Crippen LogP contribution < -0.4 is 5.32 Å². The van der Waals surface area contributed by atoms with Gasteiger partial charge in [-0.05, 0) is 44.2 Å². The lowest BCUT2D eigenvalue weighted by Crippen LogP contribution is -2.33. The minimum atomic E-state index is 0.436. The minimum absolute atomic E-state index is 0.436. The SMILES string of the molecule is CCC1CC(Nc2ccccc2SC2CCCC2)CCO1. The molecule has 1 aromatic carbocycles. The molecule has 1 aliphatic carbocycles. The van der Waals surface area contributed by atoms with E-state index in [0.29, 0.717) is 12.1 Å². The van der Waals surface area contributed by atoms with Crippen molar-refractivity contribution in [1.82, 2.24) is 0 Å². The summed E-state index contributed by atoms with van der Waals surface area (Å²) in [4.78, 5) is 1.43. The maximum Gasteiger partial charge on any atom is 0.0592 e. The third kappa shape index (κ3) is 4.17. The van der Waals surface area contributed by atoms with E-state index < -0.39 is 0 Å². The normalized spacial score (nSPS) is 26.9. The van der Waals surface area contributed by atoms with Gasteiger partial charge in [-0.15, -0.1) is 11.8 Å². The molecule has 0 aromatic heterocycles. The van der Waals surface area contributed by atoms with Crippen LogP contribution in [-0.2, 0) is 4.74 Å². The fourth-order valence-electron chi connectivity index (χ4n) is 3.39.